The third-order valence-corrected chi connectivity index (χ3v) is 3.28. The molecule has 1 aromatic carbocycles. The number of aromatic nitrogens is 1. The highest BCUT2D eigenvalue weighted by Crippen LogP contribution is 2.25. The molecule has 1 heterocycles. The molecule has 1 N–H and O–H groups in total. The van der Waals surface area contributed by atoms with Gasteiger partial charge in [-0.3, -0.25) is 9.78 Å². The van der Waals surface area contributed by atoms with E-state index in [0.29, 0.717) is 5.56 Å². The maximum absolute atomic E-state index is 12.0. The van der Waals surface area contributed by atoms with Gasteiger partial charge in [0.25, 0.3) is 5.91 Å². The molecule has 3 heteroatoms. The molecule has 3 rings (SSSR count). The highest BCUT2D eigenvalue weighted by molar-refractivity contribution is 6.04. The van der Waals surface area contributed by atoms with Crippen molar-refractivity contribution in [1.29, 1.82) is 0 Å². The van der Waals surface area contributed by atoms with Gasteiger partial charge in [0.2, 0.25) is 0 Å². The Balaban J connectivity index is 1.79. The molecule has 3 nitrogen and oxygen atoms in total. The second-order valence-corrected chi connectivity index (χ2v) is 4.53. The SMILES string of the molecule is O=C(Nc1ccc2c(c1)CCC2)c1cccnc1. The van der Waals surface area contributed by atoms with Crippen LogP contribution in [0.1, 0.15) is 27.9 Å². The van der Waals surface area contributed by atoms with Gasteiger partial charge in [-0.1, -0.05) is 6.07 Å². The van der Waals surface area contributed by atoms with Gasteiger partial charge in [-0.2, -0.15) is 0 Å². The fraction of sp³-hybridized carbons (Fsp3) is 0.200. The fourth-order valence-corrected chi connectivity index (χ4v) is 2.35. The number of rotatable bonds is 2. The van der Waals surface area contributed by atoms with Crippen molar-refractivity contribution < 1.29 is 4.79 Å². The van der Waals surface area contributed by atoms with E-state index in [1.54, 1.807) is 24.5 Å². The summed E-state index contributed by atoms with van der Waals surface area (Å²) >= 11 is 0. The molecule has 0 radical (unpaired) electrons. The number of anilines is 1. The highest BCUT2D eigenvalue weighted by Gasteiger charge is 2.12. The van der Waals surface area contributed by atoms with Crippen LogP contribution in [-0.2, 0) is 12.8 Å². The van der Waals surface area contributed by atoms with Crippen LogP contribution in [0, 0.1) is 0 Å². The van der Waals surface area contributed by atoms with E-state index in [9.17, 15) is 4.79 Å². The Labute approximate surface area is 106 Å². The summed E-state index contributed by atoms with van der Waals surface area (Å²) in [6.07, 6.45) is 6.72. The van der Waals surface area contributed by atoms with Gasteiger partial charge in [0.15, 0.2) is 0 Å². The summed E-state index contributed by atoms with van der Waals surface area (Å²) in [4.78, 5) is 15.9. The number of benzene rings is 1. The van der Waals surface area contributed by atoms with Crippen molar-refractivity contribution in [3.05, 3.63) is 59.4 Å². The van der Waals surface area contributed by atoms with E-state index in [1.807, 2.05) is 6.07 Å². The van der Waals surface area contributed by atoms with Gasteiger partial charge in [-0.25, -0.2) is 0 Å². The zero-order chi connectivity index (χ0) is 12.4. The van der Waals surface area contributed by atoms with Gasteiger partial charge in [0, 0.05) is 18.1 Å². The number of aryl methyl sites for hydroxylation is 2. The second-order valence-electron chi connectivity index (χ2n) is 4.53. The average Bonchev–Trinajstić information content (AvgIpc) is 2.87. The minimum Gasteiger partial charge on any atom is -0.322 e. The van der Waals surface area contributed by atoms with Crippen molar-refractivity contribution >= 4 is 11.6 Å². The zero-order valence-electron chi connectivity index (χ0n) is 10.0. The average molecular weight is 238 g/mol. The molecule has 0 atom stereocenters. The molecule has 1 aromatic heterocycles. The Morgan fingerprint density at radius 3 is 2.89 bits per heavy atom. The molecule has 0 aliphatic heterocycles. The van der Waals surface area contributed by atoms with Crippen molar-refractivity contribution in [2.75, 3.05) is 5.32 Å². The van der Waals surface area contributed by atoms with Gasteiger partial charge in [-0.15, -0.1) is 0 Å². The minimum atomic E-state index is -0.110. The molecule has 0 bridgehead atoms. The van der Waals surface area contributed by atoms with Crippen LogP contribution in [-0.4, -0.2) is 10.9 Å². The number of carbonyl (C=O) groups excluding carboxylic acids is 1. The molecule has 0 unspecified atom stereocenters. The summed E-state index contributed by atoms with van der Waals surface area (Å²) in [5.41, 5.74) is 4.22. The Hall–Kier alpha value is -2.16. The van der Waals surface area contributed by atoms with Gasteiger partial charge in [-0.05, 0) is 54.7 Å². The lowest BCUT2D eigenvalue weighted by Gasteiger charge is -2.07. The normalized spacial score (nSPS) is 13.1. The number of fused-ring (bicyclic) bond motifs is 1. The van der Waals surface area contributed by atoms with Gasteiger partial charge in [0.1, 0.15) is 0 Å². The first-order valence-corrected chi connectivity index (χ1v) is 6.16. The second kappa shape index (κ2) is 4.61. The van der Waals surface area contributed by atoms with E-state index in [-0.39, 0.29) is 5.91 Å². The van der Waals surface area contributed by atoms with Crippen molar-refractivity contribution in [2.45, 2.75) is 19.3 Å². The van der Waals surface area contributed by atoms with E-state index >= 15 is 0 Å². The smallest absolute Gasteiger partial charge is 0.257 e. The van der Waals surface area contributed by atoms with Crippen LogP contribution in [0.3, 0.4) is 0 Å². The third kappa shape index (κ3) is 2.12. The van der Waals surface area contributed by atoms with Crippen LogP contribution in [0.5, 0.6) is 0 Å². The van der Waals surface area contributed by atoms with E-state index in [4.69, 9.17) is 0 Å². The maximum Gasteiger partial charge on any atom is 0.257 e. The molecular formula is C15H14N2O. The van der Waals surface area contributed by atoms with Crippen LogP contribution in [0.4, 0.5) is 5.69 Å². The largest absolute Gasteiger partial charge is 0.322 e. The third-order valence-electron chi connectivity index (χ3n) is 3.28. The predicted molar refractivity (Wildman–Crippen MR) is 70.7 cm³/mol. The minimum absolute atomic E-state index is 0.110. The number of hydrogen-bond donors (Lipinski definition) is 1. The molecule has 0 fully saturated rings. The molecule has 2 aromatic rings. The molecule has 0 saturated carbocycles. The van der Waals surface area contributed by atoms with E-state index in [0.717, 1.165) is 18.5 Å². The monoisotopic (exact) mass is 238 g/mol. The molecule has 1 amide bonds. The first-order valence-electron chi connectivity index (χ1n) is 6.16. The van der Waals surface area contributed by atoms with Crippen LogP contribution in [0.2, 0.25) is 0 Å². The Morgan fingerprint density at radius 1 is 1.17 bits per heavy atom. The van der Waals surface area contributed by atoms with E-state index in [2.05, 4.69) is 22.4 Å². The Morgan fingerprint density at radius 2 is 2.06 bits per heavy atom. The summed E-state index contributed by atoms with van der Waals surface area (Å²) in [6, 6.07) is 9.68. The number of nitrogens with one attached hydrogen (secondary N) is 1. The molecule has 1 aliphatic carbocycles. The Bertz CT molecular complexity index is 578. The molecule has 1 aliphatic rings. The van der Waals surface area contributed by atoms with Crippen molar-refractivity contribution in [3.63, 3.8) is 0 Å². The van der Waals surface area contributed by atoms with Crippen molar-refractivity contribution in [3.8, 4) is 0 Å². The summed E-state index contributed by atoms with van der Waals surface area (Å²) < 4.78 is 0. The molecular weight excluding hydrogens is 224 g/mol. The first-order chi connectivity index (χ1) is 8.83. The summed E-state index contributed by atoms with van der Waals surface area (Å²) in [7, 11) is 0. The number of carbonyl (C=O) groups is 1. The van der Waals surface area contributed by atoms with Gasteiger partial charge < -0.3 is 5.32 Å². The van der Waals surface area contributed by atoms with Gasteiger partial charge >= 0.3 is 0 Å². The van der Waals surface area contributed by atoms with Crippen LogP contribution in [0.25, 0.3) is 0 Å². The van der Waals surface area contributed by atoms with Crippen molar-refractivity contribution in [1.82, 2.24) is 4.98 Å². The number of nitrogens with zero attached hydrogens (tertiary/aromatic N) is 1. The summed E-state index contributed by atoms with van der Waals surface area (Å²) in [5, 5.41) is 2.91. The summed E-state index contributed by atoms with van der Waals surface area (Å²) in [5.74, 6) is -0.110. The topological polar surface area (TPSA) is 42.0 Å². The number of amides is 1. The standard InChI is InChI=1S/C15H14N2O/c18-15(13-5-2-8-16-10-13)17-14-7-6-11-3-1-4-12(11)9-14/h2,5-10H,1,3-4H2,(H,17,18). The first kappa shape index (κ1) is 11.0. The van der Waals surface area contributed by atoms with Gasteiger partial charge in [0.05, 0.1) is 5.56 Å². The lowest BCUT2D eigenvalue weighted by Crippen LogP contribution is -2.12. The zero-order valence-corrected chi connectivity index (χ0v) is 10.0. The fourth-order valence-electron chi connectivity index (χ4n) is 2.35. The van der Waals surface area contributed by atoms with Crippen LogP contribution in [0.15, 0.2) is 42.7 Å². The number of hydrogen-bond acceptors (Lipinski definition) is 2. The lowest BCUT2D eigenvalue weighted by molar-refractivity contribution is 0.102. The number of pyridine rings is 1. The van der Waals surface area contributed by atoms with Crippen LogP contribution >= 0.6 is 0 Å². The van der Waals surface area contributed by atoms with Crippen LogP contribution < -0.4 is 5.32 Å². The quantitative estimate of drug-likeness (QED) is 0.874. The van der Waals surface area contributed by atoms with E-state index in [1.165, 1.54) is 17.5 Å². The van der Waals surface area contributed by atoms with Crippen molar-refractivity contribution in [2.24, 2.45) is 0 Å². The molecule has 0 saturated heterocycles. The molecule has 90 valence electrons. The summed E-state index contributed by atoms with van der Waals surface area (Å²) in [6.45, 7) is 0. The van der Waals surface area contributed by atoms with E-state index < -0.39 is 0 Å². The maximum atomic E-state index is 12.0. The Kier molecular flexibility index (Phi) is 2.81. The lowest BCUT2D eigenvalue weighted by atomic mass is 10.1. The highest BCUT2D eigenvalue weighted by atomic mass is 16.1. The molecule has 18 heavy (non-hydrogen) atoms. The molecule has 0 spiro atoms. The predicted octanol–water partition coefficient (Wildman–Crippen LogP) is 2.82.